The van der Waals surface area contributed by atoms with Crippen molar-refractivity contribution in [3.8, 4) is 11.5 Å². The molecule has 2 aromatic carbocycles. The standard InChI is InChI=1S/C22H26BrCl2NO2/c1-2-27-21-11-16(13-26-17-6-4-3-5-7-17)18(23)12-22(21)28-14-15-8-9-19(24)20(25)10-15/h8-12,17,26H,2-7,13-14H2,1H3. The molecular formula is C22H26BrCl2NO2. The lowest BCUT2D eigenvalue weighted by Crippen LogP contribution is -2.30. The molecule has 0 aliphatic heterocycles. The van der Waals surface area contributed by atoms with Gasteiger partial charge in [0.05, 0.1) is 16.7 Å². The van der Waals surface area contributed by atoms with Crippen LogP contribution >= 0.6 is 39.1 Å². The number of rotatable bonds is 8. The minimum atomic E-state index is 0.392. The normalized spacial score (nSPS) is 14.9. The van der Waals surface area contributed by atoms with Crippen LogP contribution in [0.4, 0.5) is 0 Å². The Morgan fingerprint density at radius 2 is 1.75 bits per heavy atom. The lowest BCUT2D eigenvalue weighted by atomic mass is 9.95. The fraction of sp³-hybridized carbons (Fsp3) is 0.455. The van der Waals surface area contributed by atoms with Crippen molar-refractivity contribution < 1.29 is 9.47 Å². The first-order valence-corrected chi connectivity index (χ1v) is 11.4. The van der Waals surface area contributed by atoms with Crippen molar-refractivity contribution in [2.24, 2.45) is 0 Å². The van der Waals surface area contributed by atoms with Crippen LogP contribution in [-0.4, -0.2) is 12.6 Å². The molecule has 1 aliphatic rings. The molecule has 28 heavy (non-hydrogen) atoms. The van der Waals surface area contributed by atoms with E-state index in [1.54, 1.807) is 6.07 Å². The second-order valence-electron chi connectivity index (χ2n) is 7.08. The Bertz CT molecular complexity index is 794. The van der Waals surface area contributed by atoms with Crippen LogP contribution in [0, 0.1) is 0 Å². The minimum absolute atomic E-state index is 0.392. The summed E-state index contributed by atoms with van der Waals surface area (Å²) in [5, 5.41) is 4.75. The predicted molar refractivity (Wildman–Crippen MR) is 120 cm³/mol. The Balaban J connectivity index is 1.69. The van der Waals surface area contributed by atoms with Gasteiger partial charge in [0.15, 0.2) is 11.5 Å². The smallest absolute Gasteiger partial charge is 0.162 e. The first-order chi connectivity index (χ1) is 13.6. The van der Waals surface area contributed by atoms with Gasteiger partial charge in [-0.3, -0.25) is 0 Å². The molecule has 3 rings (SSSR count). The summed E-state index contributed by atoms with van der Waals surface area (Å²) in [6.07, 6.45) is 6.54. The maximum Gasteiger partial charge on any atom is 0.162 e. The summed E-state index contributed by atoms with van der Waals surface area (Å²) in [5.41, 5.74) is 2.13. The van der Waals surface area contributed by atoms with E-state index in [1.807, 2.05) is 25.1 Å². The van der Waals surface area contributed by atoms with Gasteiger partial charge in [0.25, 0.3) is 0 Å². The first-order valence-electron chi connectivity index (χ1n) is 9.82. The van der Waals surface area contributed by atoms with Crippen LogP contribution in [0.15, 0.2) is 34.8 Å². The number of hydrogen-bond acceptors (Lipinski definition) is 3. The van der Waals surface area contributed by atoms with E-state index < -0.39 is 0 Å². The maximum absolute atomic E-state index is 6.09. The Hall–Kier alpha value is -0.940. The summed E-state index contributed by atoms with van der Waals surface area (Å²) in [4.78, 5) is 0. The zero-order valence-electron chi connectivity index (χ0n) is 16.1. The third kappa shape index (κ3) is 6.03. The monoisotopic (exact) mass is 485 g/mol. The summed E-state index contributed by atoms with van der Waals surface area (Å²) in [6, 6.07) is 10.2. The molecule has 1 saturated carbocycles. The second kappa shape index (κ2) is 10.7. The van der Waals surface area contributed by atoms with E-state index in [9.17, 15) is 0 Å². The van der Waals surface area contributed by atoms with E-state index in [4.69, 9.17) is 32.7 Å². The molecule has 0 unspecified atom stereocenters. The molecule has 0 radical (unpaired) electrons. The van der Waals surface area contributed by atoms with Gasteiger partial charge in [0, 0.05) is 17.1 Å². The van der Waals surface area contributed by atoms with Crippen LogP contribution in [0.1, 0.15) is 50.2 Å². The molecule has 3 nitrogen and oxygen atoms in total. The molecule has 0 spiro atoms. The van der Waals surface area contributed by atoms with Crippen LogP contribution < -0.4 is 14.8 Å². The van der Waals surface area contributed by atoms with Gasteiger partial charge in [-0.05, 0) is 55.2 Å². The molecule has 1 aliphatic carbocycles. The molecule has 0 heterocycles. The van der Waals surface area contributed by atoms with E-state index >= 15 is 0 Å². The van der Waals surface area contributed by atoms with Gasteiger partial charge >= 0.3 is 0 Å². The summed E-state index contributed by atoms with van der Waals surface area (Å²) in [7, 11) is 0. The van der Waals surface area contributed by atoms with Gasteiger partial charge in [-0.1, -0.05) is 64.5 Å². The Labute approximate surface area is 185 Å². The van der Waals surface area contributed by atoms with Gasteiger partial charge in [-0.2, -0.15) is 0 Å². The number of hydrogen-bond donors (Lipinski definition) is 1. The van der Waals surface area contributed by atoms with Gasteiger partial charge in [-0.15, -0.1) is 0 Å². The number of nitrogens with one attached hydrogen (secondary N) is 1. The molecule has 0 amide bonds. The molecule has 152 valence electrons. The van der Waals surface area contributed by atoms with E-state index in [0.717, 1.165) is 22.3 Å². The average Bonchev–Trinajstić information content (AvgIpc) is 2.70. The molecule has 0 aromatic heterocycles. The van der Waals surface area contributed by atoms with Gasteiger partial charge in [-0.25, -0.2) is 0 Å². The van der Waals surface area contributed by atoms with Crippen molar-refractivity contribution in [2.45, 2.75) is 58.2 Å². The van der Waals surface area contributed by atoms with Crippen molar-refractivity contribution in [2.75, 3.05) is 6.61 Å². The molecule has 0 saturated heterocycles. The Kier molecular flexibility index (Phi) is 8.34. The quantitative estimate of drug-likeness (QED) is 0.429. The summed E-state index contributed by atoms with van der Waals surface area (Å²) in [5.74, 6) is 1.47. The fourth-order valence-electron chi connectivity index (χ4n) is 3.45. The third-order valence-corrected chi connectivity index (χ3v) is 6.45. The highest BCUT2D eigenvalue weighted by molar-refractivity contribution is 9.10. The lowest BCUT2D eigenvalue weighted by Gasteiger charge is -2.23. The highest BCUT2D eigenvalue weighted by Crippen LogP contribution is 2.35. The van der Waals surface area contributed by atoms with Crippen LogP contribution in [0.3, 0.4) is 0 Å². The zero-order valence-corrected chi connectivity index (χ0v) is 19.2. The zero-order chi connectivity index (χ0) is 19.9. The van der Waals surface area contributed by atoms with E-state index in [-0.39, 0.29) is 0 Å². The van der Waals surface area contributed by atoms with Crippen molar-refractivity contribution in [1.29, 1.82) is 0 Å². The van der Waals surface area contributed by atoms with Gasteiger partial charge < -0.3 is 14.8 Å². The number of benzene rings is 2. The molecule has 0 atom stereocenters. The van der Waals surface area contributed by atoms with Gasteiger partial charge in [0.1, 0.15) is 6.61 Å². The van der Waals surface area contributed by atoms with Crippen molar-refractivity contribution in [3.05, 3.63) is 56.0 Å². The lowest BCUT2D eigenvalue weighted by molar-refractivity contribution is 0.268. The minimum Gasteiger partial charge on any atom is -0.490 e. The van der Waals surface area contributed by atoms with Crippen molar-refractivity contribution in [3.63, 3.8) is 0 Å². The van der Waals surface area contributed by atoms with Crippen LogP contribution in [0.25, 0.3) is 0 Å². The van der Waals surface area contributed by atoms with Gasteiger partial charge in [0.2, 0.25) is 0 Å². The van der Waals surface area contributed by atoms with Crippen LogP contribution in [-0.2, 0) is 13.2 Å². The largest absolute Gasteiger partial charge is 0.490 e. The number of ether oxygens (including phenoxy) is 2. The van der Waals surface area contributed by atoms with Crippen LogP contribution in [0.2, 0.25) is 10.0 Å². The van der Waals surface area contributed by atoms with Crippen LogP contribution in [0.5, 0.6) is 11.5 Å². The highest BCUT2D eigenvalue weighted by atomic mass is 79.9. The highest BCUT2D eigenvalue weighted by Gasteiger charge is 2.15. The predicted octanol–water partition coefficient (Wildman–Crippen LogP) is 7.16. The summed E-state index contributed by atoms with van der Waals surface area (Å²) in [6.45, 7) is 3.77. The molecular weight excluding hydrogens is 461 g/mol. The average molecular weight is 487 g/mol. The van der Waals surface area contributed by atoms with E-state index in [0.29, 0.717) is 35.1 Å². The summed E-state index contributed by atoms with van der Waals surface area (Å²) >= 11 is 15.8. The van der Waals surface area contributed by atoms with E-state index in [2.05, 4.69) is 27.3 Å². The topological polar surface area (TPSA) is 30.5 Å². The maximum atomic E-state index is 6.09. The van der Waals surface area contributed by atoms with Crippen molar-refractivity contribution >= 4 is 39.1 Å². The Morgan fingerprint density at radius 3 is 2.46 bits per heavy atom. The SMILES string of the molecule is CCOc1cc(CNC2CCCCC2)c(Br)cc1OCc1ccc(Cl)c(Cl)c1. The fourth-order valence-corrected chi connectivity index (χ4v) is 4.23. The van der Waals surface area contributed by atoms with Crippen molar-refractivity contribution in [1.82, 2.24) is 5.32 Å². The molecule has 1 N–H and O–H groups in total. The third-order valence-electron chi connectivity index (χ3n) is 4.98. The summed E-state index contributed by atoms with van der Waals surface area (Å²) < 4.78 is 12.9. The first kappa shape index (κ1) is 21.8. The van der Waals surface area contributed by atoms with E-state index in [1.165, 1.54) is 37.7 Å². The molecule has 2 aromatic rings. The second-order valence-corrected chi connectivity index (χ2v) is 8.75. The molecule has 6 heteroatoms. The number of halogens is 3. The Morgan fingerprint density at radius 1 is 1.00 bits per heavy atom. The molecule has 1 fully saturated rings. The molecule has 0 bridgehead atoms.